The minimum Gasteiger partial charge on any atom is -0.298 e. The monoisotopic (exact) mass is 540 g/mol. The van der Waals surface area contributed by atoms with Gasteiger partial charge in [-0.1, -0.05) is 6.92 Å². The summed E-state index contributed by atoms with van der Waals surface area (Å²) in [5.41, 5.74) is -0.0665. The lowest BCUT2D eigenvalue weighted by Crippen LogP contribution is -2.42. The Hall–Kier alpha value is -3.32. The van der Waals surface area contributed by atoms with Crippen molar-refractivity contribution in [1.82, 2.24) is 19.3 Å². The van der Waals surface area contributed by atoms with Crippen LogP contribution in [0.2, 0.25) is 0 Å². The molecule has 0 bridgehead atoms. The van der Waals surface area contributed by atoms with E-state index >= 15 is 0 Å². The Morgan fingerprint density at radius 2 is 1.78 bits per heavy atom. The van der Waals surface area contributed by atoms with E-state index < -0.39 is 58.2 Å². The van der Waals surface area contributed by atoms with Gasteiger partial charge in [-0.25, -0.2) is 27.2 Å². The third-order valence-electron chi connectivity index (χ3n) is 6.18. The van der Waals surface area contributed by atoms with Gasteiger partial charge in [0, 0.05) is 36.3 Å². The second-order valence-corrected chi connectivity index (χ2v) is 10.5. The van der Waals surface area contributed by atoms with Crippen LogP contribution in [0.15, 0.2) is 59.9 Å². The van der Waals surface area contributed by atoms with Crippen LogP contribution in [0.1, 0.15) is 24.7 Å². The second kappa shape index (κ2) is 10.2. The van der Waals surface area contributed by atoms with Crippen molar-refractivity contribution in [1.29, 1.82) is 0 Å². The van der Waals surface area contributed by atoms with Gasteiger partial charge in [0.2, 0.25) is 10.0 Å². The first-order chi connectivity index (χ1) is 17.4. The minimum atomic E-state index is -4.58. The number of nitrogens with zero attached hydrogens (tertiary/aromatic N) is 4. The van der Waals surface area contributed by atoms with E-state index in [4.69, 9.17) is 0 Å². The molecule has 7 nitrogen and oxygen atoms in total. The first-order valence-electron chi connectivity index (χ1n) is 11.2. The standard InChI is InChI=1S/C24H21F5N4O3S/c1-14-19(26)12-33(37(35,36)18-6-3-16(25)4-7-18)23(14)21(34)8-5-17-10-20(32-13-31-17)15-2-9-22(30-11-15)24(27,28)29/h2-4,6-7,9-11,13-14,19,23H,5,8,12H2,1H3/t14-,19-,23+/m0/s1. The van der Waals surface area contributed by atoms with Gasteiger partial charge in [-0.05, 0) is 48.9 Å². The van der Waals surface area contributed by atoms with Gasteiger partial charge in [0.25, 0.3) is 0 Å². The van der Waals surface area contributed by atoms with E-state index in [1.807, 2.05) is 0 Å². The quantitative estimate of drug-likeness (QED) is 0.416. The fraction of sp³-hybridized carbons (Fsp3) is 0.333. The Labute approximate surface area is 209 Å². The van der Waals surface area contributed by atoms with Crippen molar-refractivity contribution in [3.8, 4) is 11.3 Å². The van der Waals surface area contributed by atoms with Crippen LogP contribution in [0.4, 0.5) is 22.0 Å². The maximum absolute atomic E-state index is 14.6. The largest absolute Gasteiger partial charge is 0.433 e. The summed E-state index contributed by atoms with van der Waals surface area (Å²) in [6.45, 7) is 0.948. The lowest BCUT2D eigenvalue weighted by molar-refractivity contribution is -0.141. The van der Waals surface area contributed by atoms with Crippen molar-refractivity contribution in [3.63, 3.8) is 0 Å². The molecule has 1 aliphatic rings. The number of benzene rings is 1. The lowest BCUT2D eigenvalue weighted by atomic mass is 9.95. The first-order valence-corrected chi connectivity index (χ1v) is 12.6. The normalized spacial score (nSPS) is 20.8. The first kappa shape index (κ1) is 26.7. The zero-order chi connectivity index (χ0) is 27.0. The lowest BCUT2D eigenvalue weighted by Gasteiger charge is -2.25. The highest BCUT2D eigenvalue weighted by atomic mass is 32.2. The van der Waals surface area contributed by atoms with Gasteiger partial charge >= 0.3 is 6.18 Å². The van der Waals surface area contributed by atoms with Gasteiger partial charge in [-0.3, -0.25) is 9.78 Å². The van der Waals surface area contributed by atoms with Crippen LogP contribution < -0.4 is 0 Å². The van der Waals surface area contributed by atoms with Gasteiger partial charge in [0.15, 0.2) is 5.78 Å². The van der Waals surface area contributed by atoms with E-state index in [9.17, 15) is 35.2 Å². The molecular weight excluding hydrogens is 519 g/mol. The fourth-order valence-electron chi connectivity index (χ4n) is 4.16. The molecule has 3 heterocycles. The number of rotatable bonds is 7. The van der Waals surface area contributed by atoms with Crippen LogP contribution in [0.25, 0.3) is 11.3 Å². The van der Waals surface area contributed by atoms with Gasteiger partial charge in [0.1, 0.15) is 24.0 Å². The van der Waals surface area contributed by atoms with Crippen LogP contribution in [-0.4, -0.2) is 52.2 Å². The van der Waals surface area contributed by atoms with Crippen LogP contribution in [0.5, 0.6) is 0 Å². The zero-order valence-corrected chi connectivity index (χ0v) is 20.2. The van der Waals surface area contributed by atoms with Crippen LogP contribution in [0.3, 0.4) is 0 Å². The molecule has 0 radical (unpaired) electrons. The average molecular weight is 541 g/mol. The van der Waals surface area contributed by atoms with Gasteiger partial charge in [0.05, 0.1) is 16.6 Å². The molecule has 0 saturated carbocycles. The predicted molar refractivity (Wildman–Crippen MR) is 122 cm³/mol. The van der Waals surface area contributed by atoms with Gasteiger partial charge in [-0.15, -0.1) is 0 Å². The summed E-state index contributed by atoms with van der Waals surface area (Å²) in [5, 5.41) is 0. The molecule has 0 unspecified atom stereocenters. The molecule has 4 rings (SSSR count). The number of halogens is 5. The van der Waals surface area contributed by atoms with E-state index in [1.165, 1.54) is 25.4 Å². The topological polar surface area (TPSA) is 93.1 Å². The number of Topliss-reactive ketones (excluding diaryl/α,β-unsaturated/α-hetero) is 1. The second-order valence-electron chi connectivity index (χ2n) is 8.64. The maximum Gasteiger partial charge on any atom is 0.433 e. The maximum atomic E-state index is 14.6. The Balaban J connectivity index is 1.50. The fourth-order valence-corrected chi connectivity index (χ4v) is 5.86. The number of carbonyl (C=O) groups excluding carboxylic acids is 1. The number of sulfonamides is 1. The highest BCUT2D eigenvalue weighted by molar-refractivity contribution is 7.89. The number of aromatic nitrogens is 3. The van der Waals surface area contributed by atoms with E-state index in [0.717, 1.165) is 40.8 Å². The van der Waals surface area contributed by atoms with Crippen molar-refractivity contribution >= 4 is 15.8 Å². The zero-order valence-electron chi connectivity index (χ0n) is 19.4. The number of pyridine rings is 1. The number of hydrogen-bond donors (Lipinski definition) is 0. The number of alkyl halides is 4. The summed E-state index contributed by atoms with van der Waals surface area (Å²) >= 11 is 0. The van der Waals surface area contributed by atoms with E-state index in [1.54, 1.807) is 0 Å². The summed E-state index contributed by atoms with van der Waals surface area (Å²) in [5.74, 6) is -2.06. The van der Waals surface area contributed by atoms with Crippen LogP contribution >= 0.6 is 0 Å². The van der Waals surface area contributed by atoms with E-state index in [0.29, 0.717) is 11.3 Å². The van der Waals surface area contributed by atoms with Gasteiger partial charge < -0.3 is 0 Å². The smallest absolute Gasteiger partial charge is 0.298 e. The molecule has 13 heteroatoms. The molecule has 1 saturated heterocycles. The van der Waals surface area contributed by atoms with Crippen LogP contribution in [-0.2, 0) is 27.4 Å². The predicted octanol–water partition coefficient (Wildman–Crippen LogP) is 4.25. The van der Waals surface area contributed by atoms with E-state index in [2.05, 4.69) is 15.0 Å². The molecule has 3 aromatic rings. The molecule has 0 aliphatic carbocycles. The Morgan fingerprint density at radius 3 is 2.41 bits per heavy atom. The van der Waals surface area contributed by atoms with Gasteiger partial charge in [-0.2, -0.15) is 17.5 Å². The van der Waals surface area contributed by atoms with Crippen molar-refractivity contribution in [3.05, 3.63) is 72.2 Å². The van der Waals surface area contributed by atoms with E-state index in [-0.39, 0.29) is 23.4 Å². The SMILES string of the molecule is C[C@H]1[C@@H](F)CN(S(=O)(=O)c2ccc(F)cc2)[C@H]1C(=O)CCc1cc(-c2ccc(C(F)(F)F)nc2)ncn1. The molecular formula is C24H21F5N4O3S. The average Bonchev–Trinajstić information content (AvgIpc) is 3.17. The summed E-state index contributed by atoms with van der Waals surface area (Å²) in [6, 6.07) is 6.32. The Kier molecular flexibility index (Phi) is 7.38. The minimum absolute atomic E-state index is 0.0625. The number of hydrogen-bond acceptors (Lipinski definition) is 6. The molecule has 2 aromatic heterocycles. The highest BCUT2D eigenvalue weighted by Crippen LogP contribution is 2.34. The molecule has 0 amide bonds. The molecule has 1 aliphatic heterocycles. The van der Waals surface area contributed by atoms with Crippen LogP contribution in [0, 0.1) is 11.7 Å². The summed E-state index contributed by atoms with van der Waals surface area (Å²) in [4.78, 5) is 24.4. The summed E-state index contributed by atoms with van der Waals surface area (Å²) in [7, 11) is -4.26. The molecule has 1 fully saturated rings. The van der Waals surface area contributed by atoms with Crippen molar-refractivity contribution in [2.45, 2.75) is 43.1 Å². The van der Waals surface area contributed by atoms with Crippen molar-refractivity contribution < 1.29 is 35.2 Å². The molecule has 1 aromatic carbocycles. The molecule has 0 spiro atoms. The van der Waals surface area contributed by atoms with Crippen molar-refractivity contribution in [2.75, 3.05) is 6.54 Å². The molecule has 196 valence electrons. The molecule has 37 heavy (non-hydrogen) atoms. The third-order valence-corrected chi connectivity index (χ3v) is 8.05. The highest BCUT2D eigenvalue weighted by Gasteiger charge is 2.48. The Morgan fingerprint density at radius 1 is 1.08 bits per heavy atom. The summed E-state index contributed by atoms with van der Waals surface area (Å²) < 4.78 is 93.1. The van der Waals surface area contributed by atoms with Crippen molar-refractivity contribution in [2.24, 2.45) is 5.92 Å². The third kappa shape index (κ3) is 5.67. The Bertz CT molecular complexity index is 1380. The number of carbonyl (C=O) groups is 1. The summed E-state index contributed by atoms with van der Waals surface area (Å²) in [6.07, 6.45) is -4.04. The molecule has 0 N–H and O–H groups in total. The number of aryl methyl sites for hydroxylation is 1. The number of ketones is 1. The molecule has 3 atom stereocenters.